The Morgan fingerprint density at radius 3 is 2.42 bits per heavy atom. The maximum absolute atomic E-state index is 13.9. The van der Waals surface area contributed by atoms with Gasteiger partial charge in [-0.2, -0.15) is 13.2 Å². The summed E-state index contributed by atoms with van der Waals surface area (Å²) in [6.45, 7) is 1.44. The predicted octanol–water partition coefficient (Wildman–Crippen LogP) is 3.10. The van der Waals surface area contributed by atoms with E-state index in [0.717, 1.165) is 0 Å². The molecule has 7 heteroatoms. The van der Waals surface area contributed by atoms with Gasteiger partial charge in [-0.15, -0.1) is 0 Å². The summed E-state index contributed by atoms with van der Waals surface area (Å²) >= 11 is 2.93. The van der Waals surface area contributed by atoms with Crippen LogP contribution in [-0.4, -0.2) is 37.3 Å². The second kappa shape index (κ2) is 5.76. The summed E-state index contributed by atoms with van der Waals surface area (Å²) in [7, 11) is 0. The van der Waals surface area contributed by atoms with Crippen LogP contribution in [0.15, 0.2) is 22.7 Å². The van der Waals surface area contributed by atoms with Crippen molar-refractivity contribution in [3.8, 4) is 0 Å². The van der Waals surface area contributed by atoms with Crippen molar-refractivity contribution in [2.45, 2.75) is 12.2 Å². The molecule has 1 saturated heterocycles. The monoisotopic (exact) mass is 340 g/mol. The lowest BCUT2D eigenvalue weighted by atomic mass is 10.0. The van der Waals surface area contributed by atoms with E-state index in [1.807, 2.05) is 0 Å². The highest BCUT2D eigenvalue weighted by Crippen LogP contribution is 2.40. The quantitative estimate of drug-likeness (QED) is 0.832. The molecular formula is C12H13BrF4N2. The molecule has 1 aromatic rings. The minimum Gasteiger partial charge on any atom is -0.314 e. The molecule has 1 heterocycles. The molecule has 1 N–H and O–H groups in total. The SMILES string of the molecule is Fc1c(Br)cccc1[C@H](N1CCNCC1)C(F)(F)F. The summed E-state index contributed by atoms with van der Waals surface area (Å²) < 4.78 is 53.8. The van der Waals surface area contributed by atoms with E-state index in [1.54, 1.807) is 0 Å². The van der Waals surface area contributed by atoms with Crippen molar-refractivity contribution in [1.29, 1.82) is 0 Å². The first-order chi connectivity index (χ1) is 8.91. The maximum Gasteiger partial charge on any atom is 0.408 e. The zero-order valence-corrected chi connectivity index (χ0v) is 11.6. The molecule has 2 rings (SSSR count). The molecule has 1 aromatic carbocycles. The van der Waals surface area contributed by atoms with Crippen LogP contribution in [0.2, 0.25) is 0 Å². The molecule has 0 aromatic heterocycles. The van der Waals surface area contributed by atoms with E-state index < -0.39 is 18.0 Å². The molecule has 0 bridgehead atoms. The van der Waals surface area contributed by atoms with Crippen molar-refractivity contribution >= 4 is 15.9 Å². The fraction of sp³-hybridized carbons (Fsp3) is 0.500. The molecule has 0 aliphatic carbocycles. The average molecular weight is 341 g/mol. The van der Waals surface area contributed by atoms with Gasteiger partial charge in [0.2, 0.25) is 0 Å². The lowest BCUT2D eigenvalue weighted by molar-refractivity contribution is -0.188. The van der Waals surface area contributed by atoms with Gasteiger partial charge in [-0.1, -0.05) is 12.1 Å². The zero-order valence-electron chi connectivity index (χ0n) is 9.97. The van der Waals surface area contributed by atoms with Gasteiger partial charge < -0.3 is 5.32 Å². The third kappa shape index (κ3) is 3.27. The van der Waals surface area contributed by atoms with Crippen molar-refractivity contribution in [3.05, 3.63) is 34.1 Å². The average Bonchev–Trinajstić information content (AvgIpc) is 2.35. The number of alkyl halides is 3. The van der Waals surface area contributed by atoms with Gasteiger partial charge in [-0.3, -0.25) is 4.90 Å². The third-order valence-corrected chi connectivity index (χ3v) is 3.72. The second-order valence-electron chi connectivity index (χ2n) is 4.37. The van der Waals surface area contributed by atoms with Crippen LogP contribution >= 0.6 is 15.9 Å². The molecule has 0 saturated carbocycles. The molecule has 1 aliphatic rings. The van der Waals surface area contributed by atoms with E-state index >= 15 is 0 Å². The van der Waals surface area contributed by atoms with Gasteiger partial charge in [0.25, 0.3) is 0 Å². The Bertz CT molecular complexity index is 444. The van der Waals surface area contributed by atoms with Gasteiger partial charge in [0.05, 0.1) is 4.47 Å². The highest BCUT2D eigenvalue weighted by Gasteiger charge is 2.46. The fourth-order valence-corrected chi connectivity index (χ4v) is 2.63. The summed E-state index contributed by atoms with van der Waals surface area (Å²) in [5.74, 6) is -0.844. The Hall–Kier alpha value is -0.660. The van der Waals surface area contributed by atoms with Crippen molar-refractivity contribution in [3.63, 3.8) is 0 Å². The fourth-order valence-electron chi connectivity index (χ4n) is 2.25. The summed E-state index contributed by atoms with van der Waals surface area (Å²) in [5.41, 5.74) is -0.330. The van der Waals surface area contributed by atoms with Crippen LogP contribution in [0.3, 0.4) is 0 Å². The van der Waals surface area contributed by atoms with Gasteiger partial charge in [0, 0.05) is 31.7 Å². The van der Waals surface area contributed by atoms with E-state index in [0.29, 0.717) is 13.1 Å². The molecule has 0 spiro atoms. The largest absolute Gasteiger partial charge is 0.408 e. The Balaban J connectivity index is 2.40. The number of nitrogens with zero attached hydrogens (tertiary/aromatic N) is 1. The van der Waals surface area contributed by atoms with E-state index in [2.05, 4.69) is 21.2 Å². The number of benzene rings is 1. The molecule has 19 heavy (non-hydrogen) atoms. The second-order valence-corrected chi connectivity index (χ2v) is 5.23. The molecule has 0 unspecified atom stereocenters. The van der Waals surface area contributed by atoms with Gasteiger partial charge in [-0.25, -0.2) is 4.39 Å². The van der Waals surface area contributed by atoms with E-state index in [9.17, 15) is 17.6 Å². The van der Waals surface area contributed by atoms with E-state index in [-0.39, 0.29) is 23.1 Å². The zero-order chi connectivity index (χ0) is 14.0. The normalized spacial score (nSPS) is 19.4. The smallest absolute Gasteiger partial charge is 0.314 e. The van der Waals surface area contributed by atoms with Crippen LogP contribution in [0.25, 0.3) is 0 Å². The molecule has 0 amide bonds. The van der Waals surface area contributed by atoms with Crippen LogP contribution < -0.4 is 5.32 Å². The van der Waals surface area contributed by atoms with E-state index in [1.165, 1.54) is 23.1 Å². The lowest BCUT2D eigenvalue weighted by Gasteiger charge is -2.36. The Morgan fingerprint density at radius 1 is 1.21 bits per heavy atom. The van der Waals surface area contributed by atoms with Gasteiger partial charge in [0.1, 0.15) is 11.9 Å². The first-order valence-electron chi connectivity index (χ1n) is 5.86. The van der Waals surface area contributed by atoms with Gasteiger partial charge in [0.15, 0.2) is 0 Å². The summed E-state index contributed by atoms with van der Waals surface area (Å²) in [6, 6.07) is 2.11. The Kier molecular flexibility index (Phi) is 4.47. The van der Waals surface area contributed by atoms with Crippen LogP contribution in [0.5, 0.6) is 0 Å². The number of halogens is 5. The number of piperazine rings is 1. The van der Waals surface area contributed by atoms with Gasteiger partial charge >= 0.3 is 6.18 Å². The third-order valence-electron chi connectivity index (χ3n) is 3.10. The summed E-state index contributed by atoms with van der Waals surface area (Å²) in [5, 5.41) is 2.99. The number of hydrogen-bond acceptors (Lipinski definition) is 2. The Morgan fingerprint density at radius 2 is 1.84 bits per heavy atom. The van der Waals surface area contributed by atoms with Crippen molar-refractivity contribution < 1.29 is 17.6 Å². The summed E-state index contributed by atoms with van der Waals surface area (Å²) in [4.78, 5) is 1.27. The number of rotatable bonds is 2. The molecule has 2 nitrogen and oxygen atoms in total. The standard InChI is InChI=1S/C12H13BrF4N2/c13-9-3-1-2-8(10(9)14)11(12(15,16)17)19-6-4-18-5-7-19/h1-3,11,18H,4-7H2/t11-/m0/s1. The number of hydrogen-bond donors (Lipinski definition) is 1. The number of nitrogens with one attached hydrogen (secondary N) is 1. The minimum atomic E-state index is -4.50. The molecule has 1 aliphatic heterocycles. The molecule has 1 fully saturated rings. The van der Waals surface area contributed by atoms with Crippen LogP contribution in [0.1, 0.15) is 11.6 Å². The van der Waals surface area contributed by atoms with Crippen LogP contribution in [-0.2, 0) is 0 Å². The van der Waals surface area contributed by atoms with Gasteiger partial charge in [-0.05, 0) is 22.0 Å². The minimum absolute atomic E-state index is 0.0504. The molecular weight excluding hydrogens is 328 g/mol. The highest BCUT2D eigenvalue weighted by atomic mass is 79.9. The first-order valence-corrected chi connectivity index (χ1v) is 6.66. The summed E-state index contributed by atoms with van der Waals surface area (Å²) in [6.07, 6.45) is -4.50. The topological polar surface area (TPSA) is 15.3 Å². The maximum atomic E-state index is 13.9. The Labute approximate surface area is 116 Å². The van der Waals surface area contributed by atoms with Crippen molar-refractivity contribution in [2.75, 3.05) is 26.2 Å². The van der Waals surface area contributed by atoms with E-state index in [4.69, 9.17) is 0 Å². The molecule has 1 atom stereocenters. The first kappa shape index (κ1) is 14.7. The van der Waals surface area contributed by atoms with Crippen LogP contribution in [0, 0.1) is 5.82 Å². The highest BCUT2D eigenvalue weighted by molar-refractivity contribution is 9.10. The lowest BCUT2D eigenvalue weighted by Crippen LogP contribution is -2.49. The van der Waals surface area contributed by atoms with Crippen molar-refractivity contribution in [2.24, 2.45) is 0 Å². The molecule has 0 radical (unpaired) electrons. The predicted molar refractivity (Wildman–Crippen MR) is 67.3 cm³/mol. The van der Waals surface area contributed by atoms with Crippen LogP contribution in [0.4, 0.5) is 17.6 Å². The van der Waals surface area contributed by atoms with Crippen molar-refractivity contribution in [1.82, 2.24) is 10.2 Å². The molecule has 106 valence electrons.